The molecule has 1 saturated heterocycles. The van der Waals surface area contributed by atoms with Gasteiger partial charge in [-0.25, -0.2) is 13.6 Å². The van der Waals surface area contributed by atoms with Crippen LogP contribution in [0.25, 0.3) is 0 Å². The van der Waals surface area contributed by atoms with Crippen molar-refractivity contribution in [2.45, 2.75) is 5.66 Å². The summed E-state index contributed by atoms with van der Waals surface area (Å²) in [7, 11) is 0. The van der Waals surface area contributed by atoms with Crippen LogP contribution in [0.1, 0.15) is 21.5 Å². The van der Waals surface area contributed by atoms with E-state index in [1.54, 1.807) is 47.4 Å². The van der Waals surface area contributed by atoms with Crippen LogP contribution >= 0.6 is 11.6 Å². The maximum absolute atomic E-state index is 14.2. The van der Waals surface area contributed by atoms with Gasteiger partial charge >= 0.3 is 6.03 Å². The van der Waals surface area contributed by atoms with E-state index in [0.29, 0.717) is 34.3 Å². The number of fused-ring (bicyclic) bond motifs is 3. The van der Waals surface area contributed by atoms with Gasteiger partial charge in [0.25, 0.3) is 5.91 Å². The highest BCUT2D eigenvalue weighted by molar-refractivity contribution is 6.30. The lowest BCUT2D eigenvalue weighted by Crippen LogP contribution is -2.52. The molecule has 2 aliphatic heterocycles. The Hall–Kier alpha value is -3.45. The minimum Gasteiger partial charge on any atom is -0.306 e. The zero-order valence-corrected chi connectivity index (χ0v) is 16.9. The molecule has 0 aromatic heterocycles. The first-order chi connectivity index (χ1) is 14.9. The molecule has 3 amide bonds. The molecule has 3 aromatic rings. The molecule has 3 aromatic carbocycles. The first kappa shape index (κ1) is 19.5. The Morgan fingerprint density at radius 3 is 2.48 bits per heavy atom. The smallest absolute Gasteiger partial charge is 0.306 e. The zero-order chi connectivity index (χ0) is 21.8. The number of benzene rings is 3. The van der Waals surface area contributed by atoms with Crippen molar-refractivity contribution in [3.8, 4) is 0 Å². The summed E-state index contributed by atoms with van der Waals surface area (Å²) in [4.78, 5) is 29.7. The first-order valence-electron chi connectivity index (χ1n) is 9.64. The van der Waals surface area contributed by atoms with Crippen molar-refractivity contribution in [1.29, 1.82) is 0 Å². The number of carbonyl (C=O) groups is 2. The largest absolute Gasteiger partial charge is 0.324 e. The molecule has 2 heterocycles. The van der Waals surface area contributed by atoms with Crippen molar-refractivity contribution in [3.63, 3.8) is 0 Å². The number of hydrogen-bond acceptors (Lipinski definition) is 2. The second-order valence-electron chi connectivity index (χ2n) is 7.39. The van der Waals surface area contributed by atoms with Gasteiger partial charge in [0.2, 0.25) is 0 Å². The van der Waals surface area contributed by atoms with E-state index >= 15 is 0 Å². The number of urea groups is 1. The van der Waals surface area contributed by atoms with Gasteiger partial charge in [-0.05, 0) is 30.3 Å². The normalized spacial score (nSPS) is 19.4. The Morgan fingerprint density at radius 1 is 1.00 bits per heavy atom. The second-order valence-corrected chi connectivity index (χ2v) is 7.82. The molecule has 1 atom stereocenters. The molecular formula is C23H16ClF2N3O2. The summed E-state index contributed by atoms with van der Waals surface area (Å²) in [6.07, 6.45) is 0. The van der Waals surface area contributed by atoms with Gasteiger partial charge < -0.3 is 10.2 Å². The van der Waals surface area contributed by atoms with Gasteiger partial charge in [0.05, 0.1) is 5.69 Å². The molecule has 0 unspecified atom stereocenters. The second kappa shape index (κ2) is 7.06. The van der Waals surface area contributed by atoms with Crippen molar-refractivity contribution in [2.24, 2.45) is 0 Å². The van der Waals surface area contributed by atoms with Crippen LogP contribution in [0.3, 0.4) is 0 Å². The SMILES string of the molecule is O=C(Nc1ccc(F)cc1F)N1CCN2C(=O)c3ccccc3[C@]12c1ccc(Cl)cc1. The zero-order valence-electron chi connectivity index (χ0n) is 16.1. The molecule has 8 heteroatoms. The molecule has 5 rings (SSSR count). The Bertz CT molecular complexity index is 1220. The maximum Gasteiger partial charge on any atom is 0.324 e. The van der Waals surface area contributed by atoms with Crippen molar-refractivity contribution in [3.05, 3.63) is 100 Å². The summed E-state index contributed by atoms with van der Waals surface area (Å²) in [5, 5.41) is 3.04. The van der Waals surface area contributed by atoms with E-state index in [2.05, 4.69) is 5.32 Å². The number of nitrogens with one attached hydrogen (secondary N) is 1. The average molecular weight is 440 g/mol. The quantitative estimate of drug-likeness (QED) is 0.622. The summed E-state index contributed by atoms with van der Waals surface area (Å²) in [6.45, 7) is 0.535. The highest BCUT2D eigenvalue weighted by Crippen LogP contribution is 2.49. The molecular weight excluding hydrogens is 424 g/mol. The number of amides is 3. The third-order valence-corrected chi connectivity index (χ3v) is 6.02. The van der Waals surface area contributed by atoms with Crippen LogP contribution in [0.5, 0.6) is 0 Å². The van der Waals surface area contributed by atoms with Gasteiger partial charge in [0, 0.05) is 40.9 Å². The molecule has 31 heavy (non-hydrogen) atoms. The molecule has 1 N–H and O–H groups in total. The predicted molar refractivity (Wildman–Crippen MR) is 112 cm³/mol. The van der Waals surface area contributed by atoms with Crippen LogP contribution in [0.4, 0.5) is 19.3 Å². The van der Waals surface area contributed by atoms with Crippen LogP contribution in [-0.2, 0) is 5.66 Å². The van der Waals surface area contributed by atoms with Crippen LogP contribution in [0.2, 0.25) is 5.02 Å². The van der Waals surface area contributed by atoms with Gasteiger partial charge in [-0.15, -0.1) is 0 Å². The van der Waals surface area contributed by atoms with Crippen LogP contribution < -0.4 is 5.32 Å². The fourth-order valence-electron chi connectivity index (χ4n) is 4.50. The lowest BCUT2D eigenvalue weighted by molar-refractivity contribution is 0.0560. The highest BCUT2D eigenvalue weighted by Gasteiger charge is 2.59. The Balaban J connectivity index is 1.64. The number of nitrogens with zero attached hydrogens (tertiary/aromatic N) is 2. The van der Waals surface area contributed by atoms with Gasteiger partial charge in [0.15, 0.2) is 5.66 Å². The molecule has 156 valence electrons. The van der Waals surface area contributed by atoms with Crippen molar-refractivity contribution >= 4 is 29.2 Å². The van der Waals surface area contributed by atoms with Gasteiger partial charge in [0.1, 0.15) is 11.6 Å². The molecule has 0 radical (unpaired) electrons. The monoisotopic (exact) mass is 439 g/mol. The van der Waals surface area contributed by atoms with E-state index in [-0.39, 0.29) is 18.1 Å². The Kier molecular flexibility index (Phi) is 4.44. The maximum atomic E-state index is 14.2. The third-order valence-electron chi connectivity index (χ3n) is 5.77. The van der Waals surface area contributed by atoms with E-state index in [0.717, 1.165) is 6.07 Å². The Morgan fingerprint density at radius 2 is 1.74 bits per heavy atom. The number of carbonyl (C=O) groups excluding carboxylic acids is 2. The molecule has 0 aliphatic carbocycles. The highest BCUT2D eigenvalue weighted by atomic mass is 35.5. The van der Waals surface area contributed by atoms with Crippen molar-refractivity contribution in [1.82, 2.24) is 9.80 Å². The van der Waals surface area contributed by atoms with Gasteiger partial charge in [-0.2, -0.15) is 0 Å². The lowest BCUT2D eigenvalue weighted by Gasteiger charge is -2.40. The summed E-state index contributed by atoms with van der Waals surface area (Å²) in [5.74, 6) is -1.81. The van der Waals surface area contributed by atoms with Crippen LogP contribution in [0, 0.1) is 11.6 Å². The van der Waals surface area contributed by atoms with Crippen molar-refractivity contribution in [2.75, 3.05) is 18.4 Å². The van der Waals surface area contributed by atoms with E-state index in [4.69, 9.17) is 11.6 Å². The first-order valence-corrected chi connectivity index (χ1v) is 10.0. The summed E-state index contributed by atoms with van der Waals surface area (Å²) >= 11 is 6.08. The number of halogens is 3. The standard InChI is InChI=1S/C23H16ClF2N3O2/c24-15-7-5-14(6-8-15)23-18-4-2-1-3-17(18)21(30)28(23)11-12-29(23)22(31)27-20-10-9-16(25)13-19(20)26/h1-10,13H,11-12H2,(H,27,31)/t23-/m0/s1. The van der Waals surface area contributed by atoms with E-state index in [1.165, 1.54) is 11.0 Å². The predicted octanol–water partition coefficient (Wildman–Crippen LogP) is 4.82. The van der Waals surface area contributed by atoms with Crippen LogP contribution in [0.15, 0.2) is 66.7 Å². The minimum atomic E-state index is -1.20. The van der Waals surface area contributed by atoms with Crippen molar-refractivity contribution < 1.29 is 18.4 Å². The fourth-order valence-corrected chi connectivity index (χ4v) is 4.63. The summed E-state index contributed by atoms with van der Waals surface area (Å²) in [5.41, 5.74) is 0.507. The fraction of sp³-hybridized carbons (Fsp3) is 0.130. The van der Waals surface area contributed by atoms with E-state index in [1.807, 2.05) is 6.07 Å². The third kappa shape index (κ3) is 2.80. The number of hydrogen-bond donors (Lipinski definition) is 1. The minimum absolute atomic E-state index is 0.145. The molecule has 2 aliphatic rings. The number of rotatable bonds is 2. The van der Waals surface area contributed by atoms with E-state index < -0.39 is 23.3 Å². The van der Waals surface area contributed by atoms with Gasteiger partial charge in [-0.3, -0.25) is 9.69 Å². The Labute approximate surface area is 181 Å². The molecule has 0 saturated carbocycles. The molecule has 5 nitrogen and oxygen atoms in total. The number of anilines is 1. The average Bonchev–Trinajstić information content (AvgIpc) is 3.27. The van der Waals surface area contributed by atoms with Gasteiger partial charge in [-0.1, -0.05) is 41.9 Å². The lowest BCUT2D eigenvalue weighted by atomic mass is 9.90. The topological polar surface area (TPSA) is 52.7 Å². The molecule has 1 fully saturated rings. The summed E-state index contributed by atoms with van der Waals surface area (Å²) < 4.78 is 27.4. The van der Waals surface area contributed by atoms with Crippen LogP contribution in [-0.4, -0.2) is 34.8 Å². The molecule has 0 bridgehead atoms. The molecule has 0 spiro atoms. The van der Waals surface area contributed by atoms with E-state index in [9.17, 15) is 18.4 Å². The summed E-state index contributed by atoms with van der Waals surface area (Å²) in [6, 6.07) is 16.4.